The van der Waals surface area contributed by atoms with Gasteiger partial charge >= 0.3 is 0 Å². The van der Waals surface area contributed by atoms with Gasteiger partial charge in [-0.15, -0.1) is 0 Å². The smallest absolute Gasteiger partial charge is 0.264 e. The molecule has 3 heteroatoms. The minimum absolute atomic E-state index is 0.165. The molecule has 1 aromatic carbocycles. The number of benzene rings is 1. The van der Waals surface area contributed by atoms with Crippen LogP contribution in [0.5, 0.6) is 5.75 Å². The summed E-state index contributed by atoms with van der Waals surface area (Å²) in [6.07, 6.45) is 2.77. The van der Waals surface area contributed by atoms with E-state index in [4.69, 9.17) is 4.74 Å². The van der Waals surface area contributed by atoms with Crippen molar-refractivity contribution in [3.63, 3.8) is 0 Å². The first-order valence-corrected chi connectivity index (χ1v) is 6.77. The van der Waals surface area contributed by atoms with Crippen molar-refractivity contribution in [2.75, 3.05) is 13.1 Å². The third kappa shape index (κ3) is 2.09. The van der Waals surface area contributed by atoms with E-state index in [0.29, 0.717) is 5.92 Å². The fraction of sp³-hybridized carbons (Fsp3) is 0.533. The quantitative estimate of drug-likeness (QED) is 0.759. The Kier molecular flexibility index (Phi) is 2.98. The van der Waals surface area contributed by atoms with Gasteiger partial charge in [-0.1, -0.05) is 25.1 Å². The van der Waals surface area contributed by atoms with Gasteiger partial charge in [0.25, 0.3) is 5.91 Å². The highest BCUT2D eigenvalue weighted by atomic mass is 16.5. The Balaban J connectivity index is 1.68. The lowest BCUT2D eigenvalue weighted by Crippen LogP contribution is -2.45. The second kappa shape index (κ2) is 4.63. The molecule has 1 aromatic rings. The second-order valence-corrected chi connectivity index (χ2v) is 5.45. The lowest BCUT2D eigenvalue weighted by Gasteiger charge is -2.32. The van der Waals surface area contributed by atoms with Gasteiger partial charge in [-0.05, 0) is 30.4 Å². The molecule has 2 heterocycles. The van der Waals surface area contributed by atoms with Crippen molar-refractivity contribution in [1.29, 1.82) is 0 Å². The number of hydrogen-bond acceptors (Lipinski definition) is 2. The summed E-state index contributed by atoms with van der Waals surface area (Å²) in [5.41, 5.74) is 1.15. The molecule has 1 saturated heterocycles. The number of fused-ring (bicyclic) bond motifs is 1. The van der Waals surface area contributed by atoms with Crippen molar-refractivity contribution in [3.8, 4) is 5.75 Å². The molecule has 0 saturated carbocycles. The number of nitrogens with zero attached hydrogens (tertiary/aromatic N) is 1. The number of likely N-dealkylation sites (tertiary alicyclic amines) is 1. The molecular weight excluding hydrogens is 226 g/mol. The summed E-state index contributed by atoms with van der Waals surface area (Å²) in [4.78, 5) is 14.4. The molecule has 2 aliphatic rings. The number of rotatable bonds is 1. The minimum atomic E-state index is -0.298. The zero-order valence-electron chi connectivity index (χ0n) is 10.8. The molecule has 0 N–H and O–H groups in total. The number of amides is 1. The van der Waals surface area contributed by atoms with Gasteiger partial charge in [-0.3, -0.25) is 4.79 Å². The molecule has 3 nitrogen and oxygen atoms in total. The first-order valence-electron chi connectivity index (χ1n) is 6.77. The van der Waals surface area contributed by atoms with E-state index in [-0.39, 0.29) is 12.0 Å². The van der Waals surface area contributed by atoms with Crippen LogP contribution in [0.2, 0.25) is 0 Å². The average Bonchev–Trinajstić information content (AvgIpc) is 2.81. The molecule has 0 bridgehead atoms. The minimum Gasteiger partial charge on any atom is -0.480 e. The summed E-state index contributed by atoms with van der Waals surface area (Å²) in [6, 6.07) is 7.94. The van der Waals surface area contributed by atoms with Crippen LogP contribution in [0, 0.1) is 5.92 Å². The number of hydrogen-bond donors (Lipinski definition) is 0. The molecule has 0 aliphatic carbocycles. The van der Waals surface area contributed by atoms with Crippen molar-refractivity contribution in [2.24, 2.45) is 5.92 Å². The van der Waals surface area contributed by atoms with Gasteiger partial charge in [0, 0.05) is 19.5 Å². The van der Waals surface area contributed by atoms with Crippen LogP contribution >= 0.6 is 0 Å². The van der Waals surface area contributed by atoms with E-state index >= 15 is 0 Å². The number of carbonyl (C=O) groups excluding carboxylic acids is 1. The Morgan fingerprint density at radius 3 is 3.00 bits per heavy atom. The van der Waals surface area contributed by atoms with E-state index in [1.54, 1.807) is 0 Å². The van der Waals surface area contributed by atoms with Crippen LogP contribution in [-0.4, -0.2) is 30.0 Å². The molecule has 2 atom stereocenters. The molecule has 2 unspecified atom stereocenters. The largest absolute Gasteiger partial charge is 0.480 e. The maximum atomic E-state index is 12.4. The van der Waals surface area contributed by atoms with Crippen LogP contribution in [-0.2, 0) is 11.2 Å². The van der Waals surface area contributed by atoms with E-state index < -0.39 is 0 Å². The highest BCUT2D eigenvalue weighted by molar-refractivity contribution is 5.82. The standard InChI is InChI=1S/C15H19NO2/c1-11-5-4-8-16(10-11)15(17)14-9-12-6-2-3-7-13(12)18-14/h2-3,6-7,11,14H,4-5,8-10H2,1H3. The molecule has 0 aromatic heterocycles. The van der Waals surface area contributed by atoms with Crippen LogP contribution in [0.25, 0.3) is 0 Å². The maximum Gasteiger partial charge on any atom is 0.264 e. The van der Waals surface area contributed by atoms with Crippen molar-refractivity contribution in [2.45, 2.75) is 32.3 Å². The lowest BCUT2D eigenvalue weighted by molar-refractivity contribution is -0.139. The normalized spacial score (nSPS) is 26.6. The molecule has 2 aliphatic heterocycles. The third-order valence-corrected chi connectivity index (χ3v) is 3.89. The van der Waals surface area contributed by atoms with E-state index in [9.17, 15) is 4.79 Å². The lowest BCUT2D eigenvalue weighted by atomic mass is 9.99. The summed E-state index contributed by atoms with van der Waals surface area (Å²) in [6.45, 7) is 3.98. The Labute approximate surface area is 108 Å². The summed E-state index contributed by atoms with van der Waals surface area (Å²) >= 11 is 0. The predicted octanol–water partition coefficient (Wildman–Crippen LogP) is 2.25. The molecule has 18 heavy (non-hydrogen) atoms. The third-order valence-electron chi connectivity index (χ3n) is 3.89. The van der Waals surface area contributed by atoms with Crippen molar-refractivity contribution >= 4 is 5.91 Å². The number of ether oxygens (including phenoxy) is 1. The Morgan fingerprint density at radius 2 is 2.22 bits per heavy atom. The zero-order chi connectivity index (χ0) is 12.5. The molecule has 0 spiro atoms. The van der Waals surface area contributed by atoms with E-state index in [2.05, 4.69) is 6.92 Å². The molecular formula is C15H19NO2. The number of carbonyl (C=O) groups is 1. The first-order chi connectivity index (χ1) is 8.74. The van der Waals surface area contributed by atoms with Gasteiger partial charge in [0.05, 0.1) is 0 Å². The average molecular weight is 245 g/mol. The van der Waals surface area contributed by atoms with Crippen molar-refractivity contribution in [1.82, 2.24) is 4.90 Å². The summed E-state index contributed by atoms with van der Waals surface area (Å²) in [5.74, 6) is 1.66. The first kappa shape index (κ1) is 11.6. The summed E-state index contributed by atoms with van der Waals surface area (Å²) in [7, 11) is 0. The van der Waals surface area contributed by atoms with E-state index in [1.807, 2.05) is 29.2 Å². The van der Waals surface area contributed by atoms with Gasteiger partial charge < -0.3 is 9.64 Å². The van der Waals surface area contributed by atoms with Crippen LogP contribution in [0.15, 0.2) is 24.3 Å². The highest BCUT2D eigenvalue weighted by Crippen LogP contribution is 2.29. The van der Waals surface area contributed by atoms with Crippen LogP contribution < -0.4 is 4.74 Å². The Morgan fingerprint density at radius 1 is 1.39 bits per heavy atom. The van der Waals surface area contributed by atoms with Gasteiger partial charge in [0.1, 0.15) is 5.75 Å². The van der Waals surface area contributed by atoms with E-state index in [1.165, 1.54) is 6.42 Å². The SMILES string of the molecule is CC1CCCN(C(=O)C2Cc3ccccc3O2)C1. The molecule has 96 valence electrons. The maximum absolute atomic E-state index is 12.4. The van der Waals surface area contributed by atoms with Gasteiger partial charge in [0.15, 0.2) is 6.10 Å². The molecule has 3 rings (SSSR count). The fourth-order valence-corrected chi connectivity index (χ4v) is 2.91. The molecule has 1 amide bonds. The van der Waals surface area contributed by atoms with Crippen LogP contribution in [0.1, 0.15) is 25.3 Å². The van der Waals surface area contributed by atoms with Gasteiger partial charge in [-0.25, -0.2) is 0 Å². The van der Waals surface area contributed by atoms with Gasteiger partial charge in [0.2, 0.25) is 0 Å². The van der Waals surface area contributed by atoms with Gasteiger partial charge in [-0.2, -0.15) is 0 Å². The van der Waals surface area contributed by atoms with E-state index in [0.717, 1.165) is 37.2 Å². The Bertz CT molecular complexity index is 433. The monoisotopic (exact) mass is 245 g/mol. The fourth-order valence-electron chi connectivity index (χ4n) is 2.91. The predicted molar refractivity (Wildman–Crippen MR) is 69.5 cm³/mol. The van der Waals surface area contributed by atoms with Crippen LogP contribution in [0.4, 0.5) is 0 Å². The second-order valence-electron chi connectivity index (χ2n) is 5.45. The summed E-state index contributed by atoms with van der Waals surface area (Å²) in [5, 5.41) is 0. The Hall–Kier alpha value is -1.51. The van der Waals surface area contributed by atoms with Crippen molar-refractivity contribution in [3.05, 3.63) is 29.8 Å². The number of para-hydroxylation sites is 1. The summed E-state index contributed by atoms with van der Waals surface area (Å²) < 4.78 is 5.77. The topological polar surface area (TPSA) is 29.5 Å². The van der Waals surface area contributed by atoms with Crippen LogP contribution in [0.3, 0.4) is 0 Å². The zero-order valence-corrected chi connectivity index (χ0v) is 10.8. The van der Waals surface area contributed by atoms with Crippen molar-refractivity contribution < 1.29 is 9.53 Å². The number of piperidine rings is 1. The molecule has 1 fully saturated rings. The molecule has 0 radical (unpaired) electrons. The highest BCUT2D eigenvalue weighted by Gasteiger charge is 2.33.